The molecule has 2 saturated heterocycles. The molecule has 0 aliphatic carbocycles. The van der Waals surface area contributed by atoms with Crippen LogP contribution in [0.4, 0.5) is 0 Å². The monoisotopic (exact) mass is 354 g/mol. The summed E-state index contributed by atoms with van der Waals surface area (Å²) in [5.74, 6) is -1.13. The number of carboxylic acids is 1. The van der Waals surface area contributed by atoms with Gasteiger partial charge in [0.05, 0.1) is 5.41 Å². The quantitative estimate of drug-likeness (QED) is 0.781. The molecule has 0 spiro atoms. The fourth-order valence-electron chi connectivity index (χ4n) is 3.70. The second-order valence-corrected chi connectivity index (χ2v) is 8.91. The van der Waals surface area contributed by atoms with Gasteiger partial charge in [0.1, 0.15) is 0 Å². The van der Waals surface area contributed by atoms with Crippen molar-refractivity contribution in [3.05, 3.63) is 30.1 Å². The Hall–Kier alpha value is -1.55. The van der Waals surface area contributed by atoms with Gasteiger partial charge in [0.2, 0.25) is 0 Å². The first kappa shape index (κ1) is 17.3. The van der Waals surface area contributed by atoms with Crippen molar-refractivity contribution in [2.24, 2.45) is 11.3 Å². The molecule has 2 atom stereocenters. The summed E-state index contributed by atoms with van der Waals surface area (Å²) < 4.78 is 27.1. The van der Waals surface area contributed by atoms with Gasteiger partial charge < -0.3 is 5.11 Å². The van der Waals surface area contributed by atoms with Crippen molar-refractivity contribution in [1.29, 1.82) is 0 Å². The summed E-state index contributed by atoms with van der Waals surface area (Å²) in [4.78, 5) is 18.1. The molecule has 0 radical (unpaired) electrons. The Labute approximate surface area is 141 Å². The number of rotatable bonds is 5. The van der Waals surface area contributed by atoms with Crippen LogP contribution in [0.15, 0.2) is 24.5 Å². The van der Waals surface area contributed by atoms with Crippen LogP contribution in [0.2, 0.25) is 0 Å². The number of pyridine rings is 1. The zero-order valence-electron chi connectivity index (χ0n) is 13.8. The molecule has 0 aromatic carbocycles. The highest BCUT2D eigenvalue weighted by Gasteiger charge is 2.59. The van der Waals surface area contributed by atoms with E-state index in [1.54, 1.807) is 12.4 Å². The topological polar surface area (TPSA) is 94.1 Å². The van der Waals surface area contributed by atoms with Crippen LogP contribution in [-0.4, -0.2) is 78.3 Å². The van der Waals surface area contributed by atoms with Crippen LogP contribution < -0.4 is 0 Å². The molecule has 2 aliphatic heterocycles. The van der Waals surface area contributed by atoms with E-state index in [9.17, 15) is 18.3 Å². The number of likely N-dealkylation sites (tertiary alicyclic amines) is 1. The zero-order valence-corrected chi connectivity index (χ0v) is 14.6. The van der Waals surface area contributed by atoms with Crippen LogP contribution in [0.1, 0.15) is 5.56 Å². The summed E-state index contributed by atoms with van der Waals surface area (Å²) in [7, 11) is -0.664. The predicted octanol–water partition coefficient (Wildman–Crippen LogP) is -0.294. The third kappa shape index (κ3) is 2.81. The fourth-order valence-corrected chi connectivity index (χ4v) is 4.93. The van der Waals surface area contributed by atoms with E-state index in [1.165, 1.54) is 18.4 Å². The van der Waals surface area contributed by atoms with Crippen LogP contribution in [0, 0.1) is 11.3 Å². The SMILES string of the molecule is CN(C)S(=O)(=O)N1C[C@H]2CN(Cc3cccnc3)C[C@@]2(C(=O)O)C1. The Kier molecular flexibility index (Phi) is 4.37. The van der Waals surface area contributed by atoms with Crippen LogP contribution in [-0.2, 0) is 21.5 Å². The molecular formula is C15H22N4O4S. The van der Waals surface area contributed by atoms with Gasteiger partial charge in [0.25, 0.3) is 10.2 Å². The molecule has 8 nitrogen and oxygen atoms in total. The number of hydrogen-bond acceptors (Lipinski definition) is 5. The van der Waals surface area contributed by atoms with Gasteiger partial charge in [0.15, 0.2) is 0 Å². The molecule has 1 aromatic rings. The van der Waals surface area contributed by atoms with E-state index < -0.39 is 21.6 Å². The summed E-state index contributed by atoms with van der Waals surface area (Å²) in [6.07, 6.45) is 3.47. The van der Waals surface area contributed by atoms with E-state index in [4.69, 9.17) is 0 Å². The molecular weight excluding hydrogens is 332 g/mol. The van der Waals surface area contributed by atoms with Crippen molar-refractivity contribution in [2.75, 3.05) is 40.3 Å². The maximum Gasteiger partial charge on any atom is 0.312 e. The van der Waals surface area contributed by atoms with Gasteiger partial charge in [-0.25, -0.2) is 0 Å². The highest BCUT2D eigenvalue weighted by molar-refractivity contribution is 7.86. The summed E-state index contributed by atoms with van der Waals surface area (Å²) in [6.45, 7) is 1.81. The molecule has 1 N–H and O–H groups in total. The van der Waals surface area contributed by atoms with Crippen molar-refractivity contribution in [3.63, 3.8) is 0 Å². The van der Waals surface area contributed by atoms with Gasteiger partial charge in [-0.15, -0.1) is 0 Å². The molecule has 0 amide bonds. The number of carboxylic acid groups (broad SMARTS) is 1. The molecule has 2 fully saturated rings. The van der Waals surface area contributed by atoms with E-state index in [0.717, 1.165) is 9.87 Å². The first-order chi connectivity index (χ1) is 11.3. The van der Waals surface area contributed by atoms with Gasteiger partial charge in [-0.05, 0) is 11.6 Å². The molecule has 0 saturated carbocycles. The van der Waals surface area contributed by atoms with E-state index in [0.29, 0.717) is 19.6 Å². The maximum atomic E-state index is 12.3. The Morgan fingerprint density at radius 2 is 2.17 bits per heavy atom. The summed E-state index contributed by atoms with van der Waals surface area (Å²) >= 11 is 0. The third-order valence-electron chi connectivity index (χ3n) is 4.99. The maximum absolute atomic E-state index is 12.3. The molecule has 24 heavy (non-hydrogen) atoms. The highest BCUT2D eigenvalue weighted by Crippen LogP contribution is 2.44. The minimum Gasteiger partial charge on any atom is -0.481 e. The smallest absolute Gasteiger partial charge is 0.312 e. The standard InChI is InChI=1S/C15H22N4O4S/c1-17(2)24(22,23)19-9-13-8-18(7-12-4-3-5-16-6-12)10-15(13,11-19)14(20)21/h3-6,13H,7-11H2,1-2H3,(H,20,21)/t13-,15-/m1/s1. The van der Waals surface area contributed by atoms with Gasteiger partial charge in [0, 0.05) is 65.1 Å². The lowest BCUT2D eigenvalue weighted by Gasteiger charge is -2.26. The summed E-state index contributed by atoms with van der Waals surface area (Å²) in [5, 5.41) is 9.81. The molecule has 3 heterocycles. The van der Waals surface area contributed by atoms with Crippen LogP contribution in [0.5, 0.6) is 0 Å². The largest absolute Gasteiger partial charge is 0.481 e. The second-order valence-electron chi connectivity index (χ2n) is 6.77. The molecule has 0 unspecified atom stereocenters. The van der Waals surface area contributed by atoms with Crippen molar-refractivity contribution in [3.8, 4) is 0 Å². The molecule has 3 rings (SSSR count). The summed E-state index contributed by atoms with van der Waals surface area (Å²) in [6, 6.07) is 3.81. The number of hydrogen-bond donors (Lipinski definition) is 1. The summed E-state index contributed by atoms with van der Waals surface area (Å²) in [5.41, 5.74) is -0.0125. The normalized spacial score (nSPS) is 28.4. The number of carbonyl (C=O) groups is 1. The molecule has 1 aromatic heterocycles. The Morgan fingerprint density at radius 3 is 2.71 bits per heavy atom. The molecule has 2 aliphatic rings. The predicted molar refractivity (Wildman–Crippen MR) is 87.3 cm³/mol. The van der Waals surface area contributed by atoms with E-state index >= 15 is 0 Å². The first-order valence-electron chi connectivity index (χ1n) is 7.78. The lowest BCUT2D eigenvalue weighted by molar-refractivity contribution is -0.148. The second kappa shape index (κ2) is 6.07. The average molecular weight is 354 g/mol. The van der Waals surface area contributed by atoms with Crippen molar-refractivity contribution in [1.82, 2.24) is 18.5 Å². The van der Waals surface area contributed by atoms with Crippen LogP contribution >= 0.6 is 0 Å². The number of nitrogens with zero attached hydrogens (tertiary/aromatic N) is 4. The lowest BCUT2D eigenvalue weighted by atomic mass is 9.81. The van der Waals surface area contributed by atoms with Gasteiger partial charge in [-0.1, -0.05) is 6.07 Å². The van der Waals surface area contributed by atoms with Crippen LogP contribution in [0.3, 0.4) is 0 Å². The van der Waals surface area contributed by atoms with Crippen molar-refractivity contribution < 1.29 is 18.3 Å². The molecule has 0 bridgehead atoms. The van der Waals surface area contributed by atoms with E-state index in [-0.39, 0.29) is 19.0 Å². The van der Waals surface area contributed by atoms with Gasteiger partial charge >= 0.3 is 5.97 Å². The van der Waals surface area contributed by atoms with Gasteiger partial charge in [-0.2, -0.15) is 17.0 Å². The number of fused-ring (bicyclic) bond motifs is 1. The third-order valence-corrected chi connectivity index (χ3v) is 6.84. The number of aliphatic carboxylic acids is 1. The first-order valence-corrected chi connectivity index (χ1v) is 9.17. The zero-order chi connectivity index (χ0) is 17.5. The number of aromatic nitrogens is 1. The molecule has 132 valence electrons. The lowest BCUT2D eigenvalue weighted by Crippen LogP contribution is -2.44. The minimum absolute atomic E-state index is 0.0249. The minimum atomic E-state index is -3.59. The van der Waals surface area contributed by atoms with Gasteiger partial charge in [-0.3, -0.25) is 14.7 Å². The fraction of sp³-hybridized carbons (Fsp3) is 0.600. The van der Waals surface area contributed by atoms with E-state index in [1.807, 2.05) is 12.1 Å². The van der Waals surface area contributed by atoms with Crippen molar-refractivity contribution >= 4 is 16.2 Å². The highest BCUT2D eigenvalue weighted by atomic mass is 32.2. The Bertz CT molecular complexity index is 724. The average Bonchev–Trinajstić information content (AvgIpc) is 3.03. The van der Waals surface area contributed by atoms with E-state index in [2.05, 4.69) is 9.88 Å². The van der Waals surface area contributed by atoms with Crippen LogP contribution in [0.25, 0.3) is 0 Å². The Balaban J connectivity index is 1.78. The molecule has 9 heteroatoms. The Morgan fingerprint density at radius 1 is 1.42 bits per heavy atom. The van der Waals surface area contributed by atoms with Crippen molar-refractivity contribution in [2.45, 2.75) is 6.54 Å².